The van der Waals surface area contributed by atoms with Gasteiger partial charge in [-0.1, -0.05) is 23.7 Å². The molecule has 23 heavy (non-hydrogen) atoms. The Morgan fingerprint density at radius 2 is 2.00 bits per heavy atom. The molecule has 0 saturated carbocycles. The molecule has 1 aliphatic heterocycles. The zero-order chi connectivity index (χ0) is 17.2. The summed E-state index contributed by atoms with van der Waals surface area (Å²) < 4.78 is 5.44. The Hall–Kier alpha value is -1.30. The number of hydrogen-bond acceptors (Lipinski definition) is 4. The summed E-state index contributed by atoms with van der Waals surface area (Å²) in [6, 6.07) is 7.19. The number of hydrogen-bond donors (Lipinski definition) is 2. The van der Waals surface area contributed by atoms with Crippen LogP contribution in [0.2, 0.25) is 5.02 Å². The maximum absolute atomic E-state index is 12.4. The van der Waals surface area contributed by atoms with Crippen molar-refractivity contribution < 1.29 is 14.6 Å². The third kappa shape index (κ3) is 5.09. The van der Waals surface area contributed by atoms with Crippen molar-refractivity contribution in [1.82, 2.24) is 10.2 Å². The molecule has 0 spiro atoms. The van der Waals surface area contributed by atoms with Gasteiger partial charge in [-0.05, 0) is 51.8 Å². The molecule has 2 rings (SSSR count). The Labute approximate surface area is 142 Å². The molecule has 1 saturated heterocycles. The van der Waals surface area contributed by atoms with Crippen LogP contribution in [0, 0.1) is 0 Å². The van der Waals surface area contributed by atoms with Gasteiger partial charge in [0.2, 0.25) is 0 Å². The highest BCUT2D eigenvalue weighted by Gasteiger charge is 2.36. The molecule has 1 unspecified atom stereocenters. The molecule has 0 bridgehead atoms. The largest absolute Gasteiger partial charge is 0.444 e. The van der Waals surface area contributed by atoms with Crippen molar-refractivity contribution in [3.05, 3.63) is 34.9 Å². The van der Waals surface area contributed by atoms with Crippen LogP contribution in [0.5, 0.6) is 0 Å². The molecule has 1 aliphatic rings. The highest BCUT2D eigenvalue weighted by Crippen LogP contribution is 2.19. The molecule has 1 amide bonds. The van der Waals surface area contributed by atoms with E-state index >= 15 is 0 Å². The third-order valence-electron chi connectivity index (χ3n) is 3.80. The Morgan fingerprint density at radius 1 is 1.39 bits per heavy atom. The van der Waals surface area contributed by atoms with E-state index < -0.39 is 17.9 Å². The Morgan fingerprint density at radius 3 is 2.57 bits per heavy atom. The first-order valence-electron chi connectivity index (χ1n) is 7.84. The fraction of sp³-hybridized carbons (Fsp3) is 0.588. The SMILES string of the molecule is C[C@H]1C(O)N[C@@H](Cc2ccc(Cl)cc2)CN1C(=O)OC(C)(C)C. The molecule has 5 nitrogen and oxygen atoms in total. The van der Waals surface area contributed by atoms with Crippen molar-refractivity contribution in [3.8, 4) is 0 Å². The highest BCUT2D eigenvalue weighted by atomic mass is 35.5. The van der Waals surface area contributed by atoms with E-state index in [0.717, 1.165) is 5.56 Å². The topological polar surface area (TPSA) is 61.8 Å². The van der Waals surface area contributed by atoms with E-state index in [0.29, 0.717) is 18.0 Å². The first kappa shape index (κ1) is 18.0. The fourth-order valence-corrected chi connectivity index (χ4v) is 2.72. The van der Waals surface area contributed by atoms with Gasteiger partial charge in [0.15, 0.2) is 0 Å². The molecule has 1 fully saturated rings. The zero-order valence-electron chi connectivity index (χ0n) is 14.0. The van der Waals surface area contributed by atoms with Gasteiger partial charge in [-0.25, -0.2) is 4.79 Å². The second-order valence-electron chi connectivity index (χ2n) is 7.01. The highest BCUT2D eigenvalue weighted by molar-refractivity contribution is 6.30. The monoisotopic (exact) mass is 340 g/mol. The summed E-state index contributed by atoms with van der Waals surface area (Å²) in [6.07, 6.45) is -0.486. The molecule has 0 radical (unpaired) electrons. The maximum Gasteiger partial charge on any atom is 0.410 e. The minimum absolute atomic E-state index is 0.0464. The van der Waals surface area contributed by atoms with Gasteiger partial charge in [-0.2, -0.15) is 0 Å². The van der Waals surface area contributed by atoms with Gasteiger partial charge < -0.3 is 9.84 Å². The summed E-state index contributed by atoms with van der Waals surface area (Å²) in [5.41, 5.74) is 0.538. The van der Waals surface area contributed by atoms with E-state index in [1.54, 1.807) is 11.8 Å². The van der Waals surface area contributed by atoms with E-state index in [-0.39, 0.29) is 12.1 Å². The molecule has 2 N–H and O–H groups in total. The molecular formula is C17H25ClN2O3. The molecule has 3 atom stereocenters. The molecule has 6 heteroatoms. The Kier molecular flexibility index (Phi) is 5.55. The first-order valence-corrected chi connectivity index (χ1v) is 8.22. The molecule has 128 valence electrons. The van der Waals surface area contributed by atoms with Crippen LogP contribution >= 0.6 is 11.6 Å². The van der Waals surface area contributed by atoms with Crippen molar-refractivity contribution in [1.29, 1.82) is 0 Å². The van der Waals surface area contributed by atoms with Gasteiger partial charge in [0, 0.05) is 17.6 Å². The van der Waals surface area contributed by atoms with Crippen LogP contribution in [-0.2, 0) is 11.2 Å². The van der Waals surface area contributed by atoms with E-state index in [2.05, 4.69) is 5.32 Å². The molecular weight excluding hydrogens is 316 g/mol. The standard InChI is InChI=1S/C17H25ClN2O3/c1-11-15(21)19-14(9-12-5-7-13(18)8-6-12)10-20(11)16(22)23-17(2,3)4/h5-8,11,14-15,19,21H,9-10H2,1-4H3/t11-,14-,15?/m0/s1. The van der Waals surface area contributed by atoms with E-state index in [4.69, 9.17) is 16.3 Å². The number of ether oxygens (including phenoxy) is 1. The number of benzene rings is 1. The normalized spacial score (nSPS) is 25.3. The summed E-state index contributed by atoms with van der Waals surface area (Å²) in [5.74, 6) is 0. The second kappa shape index (κ2) is 7.07. The van der Waals surface area contributed by atoms with Crippen LogP contribution in [0.1, 0.15) is 33.3 Å². The average Bonchev–Trinajstić information content (AvgIpc) is 2.43. The number of rotatable bonds is 2. The molecule has 0 aliphatic carbocycles. The number of aliphatic hydroxyl groups excluding tert-OH is 1. The second-order valence-corrected chi connectivity index (χ2v) is 7.45. The summed E-state index contributed by atoms with van der Waals surface area (Å²) in [7, 11) is 0. The van der Waals surface area contributed by atoms with Crippen molar-refractivity contribution in [2.24, 2.45) is 0 Å². The van der Waals surface area contributed by atoms with Crippen molar-refractivity contribution in [3.63, 3.8) is 0 Å². The molecule has 0 aromatic heterocycles. The average molecular weight is 341 g/mol. The number of carbonyl (C=O) groups excluding carboxylic acids is 1. The summed E-state index contributed by atoms with van der Waals surface area (Å²) in [6.45, 7) is 7.79. The summed E-state index contributed by atoms with van der Waals surface area (Å²) in [4.78, 5) is 13.9. The number of carbonyl (C=O) groups is 1. The number of nitrogens with one attached hydrogen (secondary N) is 1. The van der Waals surface area contributed by atoms with Crippen LogP contribution in [0.15, 0.2) is 24.3 Å². The predicted octanol–water partition coefficient (Wildman–Crippen LogP) is 2.80. The van der Waals surface area contributed by atoms with Crippen LogP contribution in [-0.4, -0.2) is 46.6 Å². The molecule has 1 aromatic carbocycles. The quantitative estimate of drug-likeness (QED) is 0.869. The lowest BCUT2D eigenvalue weighted by Gasteiger charge is -2.42. The van der Waals surface area contributed by atoms with Gasteiger partial charge in [-0.15, -0.1) is 0 Å². The fourth-order valence-electron chi connectivity index (χ4n) is 2.60. The number of halogens is 1. The lowest BCUT2D eigenvalue weighted by atomic mass is 10.0. The van der Waals surface area contributed by atoms with Crippen molar-refractivity contribution >= 4 is 17.7 Å². The number of nitrogens with zero attached hydrogens (tertiary/aromatic N) is 1. The third-order valence-corrected chi connectivity index (χ3v) is 4.05. The van der Waals surface area contributed by atoms with Crippen LogP contribution in [0.25, 0.3) is 0 Å². The lowest BCUT2D eigenvalue weighted by Crippen LogP contribution is -2.63. The number of piperazine rings is 1. The first-order chi connectivity index (χ1) is 10.7. The molecule has 1 aromatic rings. The summed E-state index contributed by atoms with van der Waals surface area (Å²) in [5, 5.41) is 14.0. The molecule has 1 heterocycles. The van der Waals surface area contributed by atoms with Crippen LogP contribution in [0.3, 0.4) is 0 Å². The number of amides is 1. The van der Waals surface area contributed by atoms with Crippen molar-refractivity contribution in [2.45, 2.75) is 58.0 Å². The predicted molar refractivity (Wildman–Crippen MR) is 90.5 cm³/mol. The smallest absolute Gasteiger partial charge is 0.410 e. The van der Waals surface area contributed by atoms with E-state index in [9.17, 15) is 9.90 Å². The summed E-state index contributed by atoms with van der Waals surface area (Å²) >= 11 is 5.90. The van der Waals surface area contributed by atoms with E-state index in [1.807, 2.05) is 45.0 Å². The minimum Gasteiger partial charge on any atom is -0.444 e. The van der Waals surface area contributed by atoms with E-state index in [1.165, 1.54) is 0 Å². The maximum atomic E-state index is 12.4. The van der Waals surface area contributed by atoms with Gasteiger partial charge in [0.25, 0.3) is 0 Å². The van der Waals surface area contributed by atoms with Gasteiger partial charge in [0.1, 0.15) is 11.8 Å². The van der Waals surface area contributed by atoms with Gasteiger partial charge in [-0.3, -0.25) is 10.2 Å². The Balaban J connectivity index is 2.05. The van der Waals surface area contributed by atoms with Crippen molar-refractivity contribution in [2.75, 3.05) is 6.54 Å². The zero-order valence-corrected chi connectivity index (χ0v) is 14.8. The van der Waals surface area contributed by atoms with Crippen LogP contribution in [0.4, 0.5) is 4.79 Å². The minimum atomic E-state index is -0.784. The lowest BCUT2D eigenvalue weighted by molar-refractivity contribution is -0.0362. The Bertz CT molecular complexity index is 542. The van der Waals surface area contributed by atoms with Gasteiger partial charge >= 0.3 is 6.09 Å². The number of aliphatic hydroxyl groups is 1. The van der Waals surface area contributed by atoms with Crippen LogP contribution < -0.4 is 5.32 Å². The van der Waals surface area contributed by atoms with Gasteiger partial charge in [0.05, 0.1) is 6.04 Å².